The lowest BCUT2D eigenvalue weighted by Gasteiger charge is -2.35. The first-order chi connectivity index (χ1) is 13.1. The summed E-state index contributed by atoms with van der Waals surface area (Å²) in [6.45, 7) is 7.11. The number of hydrogen-bond acceptors (Lipinski definition) is 6. The highest BCUT2D eigenvalue weighted by Gasteiger charge is 2.25. The van der Waals surface area contributed by atoms with Crippen LogP contribution in [0.4, 0.5) is 5.82 Å². The summed E-state index contributed by atoms with van der Waals surface area (Å²) in [6.07, 6.45) is 1.64. The van der Waals surface area contributed by atoms with Crippen molar-refractivity contribution in [1.29, 1.82) is 0 Å². The first-order valence-electron chi connectivity index (χ1n) is 8.97. The summed E-state index contributed by atoms with van der Waals surface area (Å²) in [5.41, 5.74) is 1.91. The summed E-state index contributed by atoms with van der Waals surface area (Å²) in [5, 5.41) is 1.15. The van der Waals surface area contributed by atoms with Gasteiger partial charge in [-0.2, -0.15) is 0 Å². The van der Waals surface area contributed by atoms with Gasteiger partial charge in [-0.05, 0) is 37.6 Å². The van der Waals surface area contributed by atoms with Crippen LogP contribution in [-0.2, 0) is 0 Å². The van der Waals surface area contributed by atoms with Crippen molar-refractivity contribution >= 4 is 33.3 Å². The highest BCUT2D eigenvalue weighted by molar-refractivity contribution is 7.18. The SMILES string of the molecule is COc1cccc(C(=O)N2CCN(c3ncnc4sc(C)c(C)c34)CC2)c1. The number of fused-ring (bicyclic) bond motifs is 1. The van der Waals surface area contributed by atoms with Gasteiger partial charge in [-0.1, -0.05) is 6.07 Å². The third kappa shape index (κ3) is 3.23. The van der Waals surface area contributed by atoms with Gasteiger partial charge in [-0.3, -0.25) is 4.79 Å². The minimum Gasteiger partial charge on any atom is -0.497 e. The Morgan fingerprint density at radius 1 is 1.15 bits per heavy atom. The van der Waals surface area contributed by atoms with E-state index in [0.717, 1.165) is 29.1 Å². The molecule has 3 aromatic rings. The van der Waals surface area contributed by atoms with Gasteiger partial charge in [0.15, 0.2) is 0 Å². The molecule has 0 aliphatic carbocycles. The fourth-order valence-corrected chi connectivity index (χ4v) is 4.46. The number of nitrogens with zero attached hydrogens (tertiary/aromatic N) is 4. The van der Waals surface area contributed by atoms with Crippen LogP contribution in [0, 0.1) is 13.8 Å². The summed E-state index contributed by atoms with van der Waals surface area (Å²) >= 11 is 1.71. The summed E-state index contributed by atoms with van der Waals surface area (Å²) in [7, 11) is 1.61. The Balaban J connectivity index is 1.52. The molecule has 4 rings (SSSR count). The number of methoxy groups -OCH3 is 1. The molecule has 27 heavy (non-hydrogen) atoms. The number of ether oxygens (including phenoxy) is 1. The Hall–Kier alpha value is -2.67. The summed E-state index contributed by atoms with van der Waals surface area (Å²) < 4.78 is 5.23. The summed E-state index contributed by atoms with van der Waals surface area (Å²) in [6, 6.07) is 7.32. The normalized spacial score (nSPS) is 14.6. The van der Waals surface area contributed by atoms with E-state index in [2.05, 4.69) is 28.7 Å². The first kappa shape index (κ1) is 17.7. The van der Waals surface area contributed by atoms with Gasteiger partial charge < -0.3 is 14.5 Å². The number of aromatic nitrogens is 2. The Kier molecular flexibility index (Phi) is 4.70. The topological polar surface area (TPSA) is 58.6 Å². The molecule has 1 amide bonds. The molecule has 2 aromatic heterocycles. The third-order valence-corrected chi connectivity index (χ3v) is 6.24. The van der Waals surface area contributed by atoms with Crippen molar-refractivity contribution in [3.8, 4) is 5.75 Å². The van der Waals surface area contributed by atoms with E-state index in [1.807, 2.05) is 23.1 Å². The van der Waals surface area contributed by atoms with Crippen LogP contribution in [0.25, 0.3) is 10.2 Å². The molecule has 140 valence electrons. The van der Waals surface area contributed by atoms with Crippen molar-refractivity contribution < 1.29 is 9.53 Å². The van der Waals surface area contributed by atoms with Crippen LogP contribution in [-0.4, -0.2) is 54.1 Å². The Morgan fingerprint density at radius 3 is 2.67 bits per heavy atom. The van der Waals surface area contributed by atoms with Gasteiger partial charge in [0.25, 0.3) is 5.91 Å². The molecule has 0 saturated carbocycles. The van der Waals surface area contributed by atoms with Gasteiger partial charge in [0.2, 0.25) is 0 Å². The fourth-order valence-electron chi connectivity index (χ4n) is 3.46. The van der Waals surface area contributed by atoms with Crippen LogP contribution in [0.15, 0.2) is 30.6 Å². The van der Waals surface area contributed by atoms with Crippen molar-refractivity contribution in [3.63, 3.8) is 0 Å². The molecule has 0 atom stereocenters. The smallest absolute Gasteiger partial charge is 0.254 e. The molecule has 7 heteroatoms. The highest BCUT2D eigenvalue weighted by atomic mass is 32.1. The fraction of sp³-hybridized carbons (Fsp3) is 0.350. The molecule has 1 saturated heterocycles. The summed E-state index contributed by atoms with van der Waals surface area (Å²) in [4.78, 5) is 28.3. The van der Waals surface area contributed by atoms with Gasteiger partial charge in [-0.15, -0.1) is 11.3 Å². The lowest BCUT2D eigenvalue weighted by Crippen LogP contribution is -2.49. The van der Waals surface area contributed by atoms with Gasteiger partial charge in [0.1, 0.15) is 22.7 Å². The zero-order valence-electron chi connectivity index (χ0n) is 15.7. The minimum absolute atomic E-state index is 0.0453. The molecule has 0 unspecified atom stereocenters. The number of thiophene rings is 1. The molecular formula is C20H22N4O2S. The van der Waals surface area contributed by atoms with Crippen LogP contribution in [0.3, 0.4) is 0 Å². The predicted octanol–water partition coefficient (Wildman–Crippen LogP) is 3.28. The molecule has 0 bridgehead atoms. The highest BCUT2D eigenvalue weighted by Crippen LogP contribution is 2.34. The Bertz CT molecular complexity index is 993. The van der Waals surface area contributed by atoms with E-state index in [1.54, 1.807) is 30.8 Å². The van der Waals surface area contributed by atoms with Crippen LogP contribution in [0.1, 0.15) is 20.8 Å². The van der Waals surface area contributed by atoms with Crippen molar-refractivity contribution in [1.82, 2.24) is 14.9 Å². The number of carbonyl (C=O) groups excluding carboxylic acids is 1. The van der Waals surface area contributed by atoms with Crippen molar-refractivity contribution in [3.05, 3.63) is 46.6 Å². The largest absolute Gasteiger partial charge is 0.497 e. The number of amides is 1. The van der Waals surface area contributed by atoms with E-state index in [1.165, 1.54) is 10.4 Å². The second-order valence-corrected chi connectivity index (χ2v) is 7.88. The van der Waals surface area contributed by atoms with Crippen molar-refractivity contribution in [2.75, 3.05) is 38.2 Å². The number of hydrogen-bond donors (Lipinski definition) is 0. The number of rotatable bonds is 3. The van der Waals surface area contributed by atoms with Crippen LogP contribution < -0.4 is 9.64 Å². The lowest BCUT2D eigenvalue weighted by atomic mass is 10.1. The van der Waals surface area contributed by atoms with Crippen LogP contribution in [0.2, 0.25) is 0 Å². The second kappa shape index (κ2) is 7.15. The minimum atomic E-state index is 0.0453. The second-order valence-electron chi connectivity index (χ2n) is 6.67. The molecular weight excluding hydrogens is 360 g/mol. The van der Waals surface area contributed by atoms with E-state index in [4.69, 9.17) is 4.74 Å². The maximum atomic E-state index is 12.8. The van der Waals surface area contributed by atoms with Crippen molar-refractivity contribution in [2.24, 2.45) is 0 Å². The van der Waals surface area contributed by atoms with Gasteiger partial charge in [0.05, 0.1) is 12.5 Å². The Labute approximate surface area is 162 Å². The maximum Gasteiger partial charge on any atom is 0.254 e. The van der Waals surface area contributed by atoms with Crippen LogP contribution in [0.5, 0.6) is 5.75 Å². The molecule has 3 heterocycles. The van der Waals surface area contributed by atoms with Crippen molar-refractivity contribution in [2.45, 2.75) is 13.8 Å². The van der Waals surface area contributed by atoms with E-state index in [-0.39, 0.29) is 5.91 Å². The number of benzene rings is 1. The van der Waals surface area contributed by atoms with E-state index >= 15 is 0 Å². The van der Waals surface area contributed by atoms with E-state index in [0.29, 0.717) is 24.4 Å². The van der Waals surface area contributed by atoms with E-state index < -0.39 is 0 Å². The molecule has 6 nitrogen and oxygen atoms in total. The number of carbonyl (C=O) groups is 1. The third-order valence-electron chi connectivity index (χ3n) is 5.13. The van der Waals surface area contributed by atoms with Crippen LogP contribution >= 0.6 is 11.3 Å². The predicted molar refractivity (Wildman–Crippen MR) is 108 cm³/mol. The molecule has 1 aliphatic rings. The monoisotopic (exact) mass is 382 g/mol. The van der Waals surface area contributed by atoms with Gasteiger partial charge in [-0.25, -0.2) is 9.97 Å². The number of anilines is 1. The quantitative estimate of drug-likeness (QED) is 0.696. The average molecular weight is 382 g/mol. The van der Waals surface area contributed by atoms with Gasteiger partial charge in [0, 0.05) is 36.6 Å². The molecule has 1 aliphatic heterocycles. The number of piperazine rings is 1. The molecule has 1 aromatic carbocycles. The maximum absolute atomic E-state index is 12.8. The summed E-state index contributed by atoms with van der Waals surface area (Å²) in [5.74, 6) is 1.73. The molecule has 0 radical (unpaired) electrons. The average Bonchev–Trinajstić information content (AvgIpc) is 3.01. The van der Waals surface area contributed by atoms with Gasteiger partial charge >= 0.3 is 0 Å². The molecule has 0 N–H and O–H groups in total. The standard InChI is InChI=1S/C20H22N4O2S/c1-13-14(2)27-19-17(13)18(21-12-22-19)23-7-9-24(10-8-23)20(25)15-5-4-6-16(11-15)26-3/h4-6,11-12H,7-10H2,1-3H3. The van der Waals surface area contributed by atoms with E-state index in [9.17, 15) is 4.79 Å². The lowest BCUT2D eigenvalue weighted by molar-refractivity contribution is 0.0746. The zero-order valence-corrected chi connectivity index (χ0v) is 16.5. The zero-order chi connectivity index (χ0) is 19.0. The Morgan fingerprint density at radius 2 is 1.93 bits per heavy atom. The number of aryl methyl sites for hydroxylation is 2. The molecule has 0 spiro atoms. The first-order valence-corrected chi connectivity index (χ1v) is 9.79. The molecule has 1 fully saturated rings.